The molecule has 3 aromatic carbocycles. The van der Waals surface area contributed by atoms with E-state index in [9.17, 15) is 46.0 Å². The topological polar surface area (TPSA) is 219 Å². The minimum absolute atomic E-state index is 0.0230. The van der Waals surface area contributed by atoms with Gasteiger partial charge in [-0.05, 0) is 40.3 Å². The Labute approximate surface area is 341 Å². The summed E-state index contributed by atoms with van der Waals surface area (Å²) in [4.78, 5) is 6.85. The fourth-order valence-corrected chi connectivity index (χ4v) is 7.22. The molecule has 1 heterocycles. The minimum atomic E-state index is -0.758. The lowest BCUT2D eigenvalue weighted by Crippen LogP contribution is -2.42. The largest absolute Gasteiger partial charge is 0.507 e. The van der Waals surface area contributed by atoms with Gasteiger partial charge in [0.15, 0.2) is 0 Å². The molecule has 0 amide bonds. The standard InChI is InChI=1S/C43H65N3O12/c1-29-11-32(41(53)35(14-29)26-56-38(20-47)21-48)17-44-5-4-6-45(18-33-12-30(2)15-36(42(33)54)27-57-39(22-49)23-50)8-10-46(9-7-44)19-34-13-31(3)16-37(43(34)55)28-58-40(24-51)25-52/h11-16,38-40,47-55H,4-10,17-28H2,1-3H3. The molecule has 0 aromatic heterocycles. The van der Waals surface area contributed by atoms with E-state index < -0.39 is 18.3 Å². The van der Waals surface area contributed by atoms with Gasteiger partial charge in [-0.15, -0.1) is 0 Å². The van der Waals surface area contributed by atoms with Gasteiger partial charge >= 0.3 is 0 Å². The summed E-state index contributed by atoms with van der Waals surface area (Å²) in [6.07, 6.45) is -1.45. The predicted molar refractivity (Wildman–Crippen MR) is 217 cm³/mol. The number of phenolic OH excluding ortho intramolecular Hbond substituents is 3. The van der Waals surface area contributed by atoms with Crippen LogP contribution < -0.4 is 0 Å². The predicted octanol–water partition coefficient (Wildman–Crippen LogP) is 1.55. The van der Waals surface area contributed by atoms with Crippen LogP contribution in [0.25, 0.3) is 0 Å². The van der Waals surface area contributed by atoms with Crippen LogP contribution in [0.4, 0.5) is 0 Å². The van der Waals surface area contributed by atoms with Gasteiger partial charge in [-0.2, -0.15) is 0 Å². The molecule has 0 bridgehead atoms. The third kappa shape index (κ3) is 14.1. The van der Waals surface area contributed by atoms with Crippen LogP contribution >= 0.6 is 0 Å². The van der Waals surface area contributed by atoms with Crippen molar-refractivity contribution in [2.75, 3.05) is 78.9 Å². The second-order valence-electron chi connectivity index (χ2n) is 15.4. The van der Waals surface area contributed by atoms with Gasteiger partial charge in [-0.25, -0.2) is 0 Å². The van der Waals surface area contributed by atoms with Gasteiger partial charge in [-0.3, -0.25) is 14.7 Å². The summed E-state index contributed by atoms with van der Waals surface area (Å²) in [5, 5.41) is 91.1. The first-order valence-corrected chi connectivity index (χ1v) is 20.0. The van der Waals surface area contributed by atoms with Crippen molar-refractivity contribution in [3.8, 4) is 17.2 Å². The second-order valence-corrected chi connectivity index (χ2v) is 15.4. The number of aliphatic hydroxyl groups is 6. The molecule has 324 valence electrons. The second kappa shape index (κ2) is 24.0. The SMILES string of the molecule is Cc1cc(COC(CO)CO)c(O)c(CN2CCCN(Cc3cc(C)cc(COC(CO)CO)c3O)CCN(Cc3cc(C)cc(COC(CO)CO)c3O)CC2)c1. The highest BCUT2D eigenvalue weighted by atomic mass is 16.5. The summed E-state index contributed by atoms with van der Waals surface area (Å²) < 4.78 is 16.9. The molecule has 1 aliphatic rings. The van der Waals surface area contributed by atoms with Gasteiger partial charge in [-0.1, -0.05) is 53.1 Å². The molecule has 0 unspecified atom stereocenters. The van der Waals surface area contributed by atoms with Crippen molar-refractivity contribution in [2.24, 2.45) is 0 Å². The minimum Gasteiger partial charge on any atom is -0.507 e. The Hall–Kier alpha value is -3.42. The van der Waals surface area contributed by atoms with Crippen LogP contribution in [0.15, 0.2) is 36.4 Å². The smallest absolute Gasteiger partial charge is 0.125 e. The molecule has 9 N–H and O–H groups in total. The van der Waals surface area contributed by atoms with Crippen LogP contribution in [0.3, 0.4) is 0 Å². The summed E-state index contributed by atoms with van der Waals surface area (Å²) in [7, 11) is 0. The van der Waals surface area contributed by atoms with Crippen LogP contribution in [-0.2, 0) is 53.7 Å². The fraction of sp³-hybridized carbons (Fsp3) is 0.581. The van der Waals surface area contributed by atoms with E-state index in [1.165, 1.54) is 0 Å². The molecule has 0 atom stereocenters. The maximum absolute atomic E-state index is 11.4. The number of benzene rings is 3. The highest BCUT2D eigenvalue weighted by Crippen LogP contribution is 2.30. The van der Waals surface area contributed by atoms with Gasteiger partial charge in [0.2, 0.25) is 0 Å². The van der Waals surface area contributed by atoms with Crippen LogP contribution in [-0.4, -0.2) is 158 Å². The lowest BCUT2D eigenvalue weighted by molar-refractivity contribution is -0.0290. The van der Waals surface area contributed by atoms with Crippen molar-refractivity contribution in [1.82, 2.24) is 14.7 Å². The molecule has 1 fully saturated rings. The lowest BCUT2D eigenvalue weighted by atomic mass is 10.0. The van der Waals surface area contributed by atoms with Crippen molar-refractivity contribution in [3.63, 3.8) is 0 Å². The van der Waals surface area contributed by atoms with Gasteiger partial charge in [0, 0.05) is 79.2 Å². The molecule has 58 heavy (non-hydrogen) atoms. The van der Waals surface area contributed by atoms with E-state index in [1.54, 1.807) is 0 Å². The zero-order chi connectivity index (χ0) is 42.2. The van der Waals surface area contributed by atoms with Gasteiger partial charge in [0.1, 0.15) is 35.6 Å². The Morgan fingerprint density at radius 1 is 0.414 bits per heavy atom. The van der Waals surface area contributed by atoms with Crippen molar-refractivity contribution < 1.29 is 60.2 Å². The molecule has 1 aliphatic heterocycles. The first kappa shape index (κ1) is 47.3. The summed E-state index contributed by atoms with van der Waals surface area (Å²) in [5.41, 5.74) is 6.69. The highest BCUT2D eigenvalue weighted by molar-refractivity contribution is 5.45. The van der Waals surface area contributed by atoms with Crippen LogP contribution in [0.2, 0.25) is 0 Å². The van der Waals surface area contributed by atoms with E-state index in [2.05, 4.69) is 14.7 Å². The van der Waals surface area contributed by atoms with Crippen molar-refractivity contribution >= 4 is 0 Å². The number of rotatable bonds is 21. The molecule has 0 spiro atoms. The molecule has 0 radical (unpaired) electrons. The number of aryl methyl sites for hydroxylation is 3. The van der Waals surface area contributed by atoms with Crippen molar-refractivity contribution in [2.45, 2.75) is 85.0 Å². The number of ether oxygens (including phenoxy) is 3. The first-order chi connectivity index (χ1) is 27.9. The molecular weight excluding hydrogens is 750 g/mol. The van der Waals surface area contributed by atoms with E-state index in [0.717, 1.165) is 34.2 Å². The van der Waals surface area contributed by atoms with Gasteiger partial charge in [0.05, 0.1) is 59.5 Å². The van der Waals surface area contributed by atoms with E-state index >= 15 is 0 Å². The fourth-order valence-electron chi connectivity index (χ4n) is 7.22. The first-order valence-electron chi connectivity index (χ1n) is 20.0. The number of nitrogens with zero attached hydrogens (tertiary/aromatic N) is 3. The third-order valence-electron chi connectivity index (χ3n) is 10.5. The summed E-state index contributed by atoms with van der Waals surface area (Å²) in [6.45, 7) is 9.23. The van der Waals surface area contributed by atoms with Crippen LogP contribution in [0.1, 0.15) is 56.5 Å². The molecule has 0 aliphatic carbocycles. The normalized spacial score (nSPS) is 15.3. The molecule has 0 saturated carbocycles. The molecule has 3 aromatic rings. The number of phenols is 3. The third-order valence-corrected chi connectivity index (χ3v) is 10.5. The molecule has 15 heteroatoms. The van der Waals surface area contributed by atoms with Gasteiger partial charge in [0.25, 0.3) is 0 Å². The Morgan fingerprint density at radius 3 is 0.914 bits per heavy atom. The number of aromatic hydroxyl groups is 3. The zero-order valence-electron chi connectivity index (χ0n) is 34.2. The Kier molecular flexibility index (Phi) is 19.5. The number of hydrogen-bond donors (Lipinski definition) is 9. The average molecular weight is 816 g/mol. The monoisotopic (exact) mass is 815 g/mol. The molecule has 15 nitrogen and oxygen atoms in total. The van der Waals surface area contributed by atoms with Crippen molar-refractivity contribution in [3.05, 3.63) is 86.5 Å². The van der Waals surface area contributed by atoms with E-state index in [0.29, 0.717) is 81.2 Å². The maximum Gasteiger partial charge on any atom is 0.125 e. The van der Waals surface area contributed by atoms with Crippen LogP contribution in [0, 0.1) is 20.8 Å². The van der Waals surface area contributed by atoms with Gasteiger partial charge < -0.3 is 60.2 Å². The molecule has 1 saturated heterocycles. The van der Waals surface area contributed by atoms with Crippen molar-refractivity contribution in [1.29, 1.82) is 0 Å². The van der Waals surface area contributed by atoms with Crippen LogP contribution in [0.5, 0.6) is 17.2 Å². The molecular formula is C43H65N3O12. The van der Waals surface area contributed by atoms with E-state index in [4.69, 9.17) is 14.2 Å². The maximum atomic E-state index is 11.4. The Balaban J connectivity index is 1.61. The van der Waals surface area contributed by atoms with E-state index in [1.807, 2.05) is 57.2 Å². The Bertz CT molecular complexity index is 1610. The average Bonchev–Trinajstić information content (AvgIpc) is 3.21. The highest BCUT2D eigenvalue weighted by Gasteiger charge is 2.22. The summed E-state index contributed by atoms with van der Waals surface area (Å²) >= 11 is 0. The quantitative estimate of drug-likeness (QED) is 0.0745. The summed E-state index contributed by atoms with van der Waals surface area (Å²) in [6, 6.07) is 11.4. The zero-order valence-corrected chi connectivity index (χ0v) is 34.2. The number of aliphatic hydroxyl groups excluding tert-OH is 6. The lowest BCUT2D eigenvalue weighted by Gasteiger charge is -2.33. The molecule has 4 rings (SSSR count). The summed E-state index contributed by atoms with van der Waals surface area (Å²) in [5.74, 6) is 0.317. The number of hydrogen-bond acceptors (Lipinski definition) is 15. The van der Waals surface area contributed by atoms with E-state index in [-0.39, 0.29) is 76.7 Å². The Morgan fingerprint density at radius 2 is 0.655 bits per heavy atom.